The Hall–Kier alpha value is -1.02. The summed E-state index contributed by atoms with van der Waals surface area (Å²) in [6, 6.07) is 1.92. The van der Waals surface area contributed by atoms with Crippen LogP contribution in [-0.2, 0) is 6.42 Å². The van der Waals surface area contributed by atoms with Gasteiger partial charge in [-0.1, -0.05) is 11.6 Å². The van der Waals surface area contributed by atoms with Crippen LogP contribution in [-0.4, -0.2) is 11.2 Å². The van der Waals surface area contributed by atoms with Crippen molar-refractivity contribution in [2.75, 3.05) is 0 Å². The summed E-state index contributed by atoms with van der Waals surface area (Å²) < 4.78 is 4.98. The molecule has 1 aromatic rings. The number of aliphatic hydroxyl groups excluding tert-OH is 1. The van der Waals surface area contributed by atoms with E-state index in [0.29, 0.717) is 6.42 Å². The minimum absolute atomic E-state index is 0.257. The van der Waals surface area contributed by atoms with E-state index < -0.39 is 0 Å². The third kappa shape index (κ3) is 3.24. The SMILES string of the molecule is OC(CC1=CCCCC1)Cc1ccoc1. The standard InChI is InChI=1S/C13H18O2/c14-13(9-12-6-7-15-10-12)8-11-4-2-1-3-5-11/h4,6-7,10,13-14H,1-3,5,8-9H2. The van der Waals surface area contributed by atoms with Crippen LogP contribution in [0.1, 0.15) is 37.7 Å². The lowest BCUT2D eigenvalue weighted by molar-refractivity contribution is 0.173. The smallest absolute Gasteiger partial charge is 0.0935 e. The maximum atomic E-state index is 9.89. The molecule has 82 valence electrons. The first-order chi connectivity index (χ1) is 7.34. The predicted octanol–water partition coefficient (Wildman–Crippen LogP) is 3.07. The largest absolute Gasteiger partial charge is 0.472 e. The Morgan fingerprint density at radius 2 is 2.27 bits per heavy atom. The van der Waals surface area contributed by atoms with Crippen molar-refractivity contribution in [3.05, 3.63) is 35.8 Å². The van der Waals surface area contributed by atoms with E-state index in [9.17, 15) is 5.11 Å². The van der Waals surface area contributed by atoms with Crippen molar-refractivity contribution in [3.8, 4) is 0 Å². The number of aliphatic hydroxyl groups is 1. The van der Waals surface area contributed by atoms with Crippen molar-refractivity contribution in [1.82, 2.24) is 0 Å². The van der Waals surface area contributed by atoms with Crippen molar-refractivity contribution in [2.24, 2.45) is 0 Å². The third-order valence-corrected chi connectivity index (χ3v) is 2.93. The highest BCUT2D eigenvalue weighted by atomic mass is 16.3. The molecule has 1 aliphatic rings. The zero-order valence-electron chi connectivity index (χ0n) is 8.98. The van der Waals surface area contributed by atoms with E-state index >= 15 is 0 Å². The van der Waals surface area contributed by atoms with E-state index in [-0.39, 0.29) is 6.10 Å². The predicted molar refractivity (Wildman–Crippen MR) is 59.6 cm³/mol. The average Bonchev–Trinajstić information content (AvgIpc) is 2.71. The second kappa shape index (κ2) is 5.17. The van der Waals surface area contributed by atoms with Gasteiger partial charge >= 0.3 is 0 Å². The van der Waals surface area contributed by atoms with Crippen LogP contribution in [0.3, 0.4) is 0 Å². The molecule has 0 bridgehead atoms. The molecular weight excluding hydrogens is 188 g/mol. The first-order valence-corrected chi connectivity index (χ1v) is 5.71. The highest BCUT2D eigenvalue weighted by molar-refractivity contribution is 5.10. The Morgan fingerprint density at radius 3 is 2.93 bits per heavy atom. The summed E-state index contributed by atoms with van der Waals surface area (Å²) in [5.41, 5.74) is 2.51. The number of allylic oxidation sites excluding steroid dienone is 1. The number of hydrogen-bond acceptors (Lipinski definition) is 2. The Morgan fingerprint density at radius 1 is 1.33 bits per heavy atom. The molecule has 1 N–H and O–H groups in total. The molecule has 1 atom stereocenters. The van der Waals surface area contributed by atoms with Crippen molar-refractivity contribution in [1.29, 1.82) is 0 Å². The molecule has 15 heavy (non-hydrogen) atoms. The Bertz CT molecular complexity index is 311. The summed E-state index contributed by atoms with van der Waals surface area (Å²) in [7, 11) is 0. The van der Waals surface area contributed by atoms with Crippen LogP contribution >= 0.6 is 0 Å². The van der Waals surface area contributed by atoms with E-state index in [1.165, 1.54) is 31.3 Å². The Kier molecular flexibility index (Phi) is 3.62. The van der Waals surface area contributed by atoms with E-state index in [2.05, 4.69) is 6.08 Å². The van der Waals surface area contributed by atoms with Gasteiger partial charge in [-0.15, -0.1) is 0 Å². The summed E-state index contributed by atoms with van der Waals surface area (Å²) in [5.74, 6) is 0. The molecule has 2 nitrogen and oxygen atoms in total. The highest BCUT2D eigenvalue weighted by Gasteiger charge is 2.11. The zero-order valence-corrected chi connectivity index (χ0v) is 8.98. The van der Waals surface area contributed by atoms with Gasteiger partial charge in [0.2, 0.25) is 0 Å². The fourth-order valence-corrected chi connectivity index (χ4v) is 2.15. The van der Waals surface area contributed by atoms with Gasteiger partial charge in [0.25, 0.3) is 0 Å². The molecule has 0 amide bonds. The summed E-state index contributed by atoms with van der Waals surface area (Å²) in [4.78, 5) is 0. The van der Waals surface area contributed by atoms with Gasteiger partial charge in [0.05, 0.1) is 18.6 Å². The first-order valence-electron chi connectivity index (χ1n) is 5.71. The first kappa shape index (κ1) is 10.5. The minimum atomic E-state index is -0.257. The molecule has 1 aromatic heterocycles. The van der Waals surface area contributed by atoms with Crippen LogP contribution < -0.4 is 0 Å². The molecule has 1 heterocycles. The molecule has 0 aromatic carbocycles. The van der Waals surface area contributed by atoms with Gasteiger partial charge in [-0.2, -0.15) is 0 Å². The van der Waals surface area contributed by atoms with E-state index in [1.54, 1.807) is 12.5 Å². The highest BCUT2D eigenvalue weighted by Crippen LogP contribution is 2.22. The number of hydrogen-bond donors (Lipinski definition) is 1. The maximum absolute atomic E-state index is 9.89. The second-order valence-electron chi connectivity index (χ2n) is 4.30. The van der Waals surface area contributed by atoms with Crippen molar-refractivity contribution in [2.45, 2.75) is 44.6 Å². The normalized spacial score (nSPS) is 18.6. The molecule has 2 heteroatoms. The van der Waals surface area contributed by atoms with Gasteiger partial charge in [-0.25, -0.2) is 0 Å². The van der Waals surface area contributed by atoms with Crippen molar-refractivity contribution in [3.63, 3.8) is 0 Å². The Balaban J connectivity index is 1.81. The van der Waals surface area contributed by atoms with Gasteiger partial charge in [0.1, 0.15) is 0 Å². The molecule has 0 radical (unpaired) electrons. The van der Waals surface area contributed by atoms with Crippen LogP contribution in [0, 0.1) is 0 Å². The van der Waals surface area contributed by atoms with Crippen LogP contribution in [0.25, 0.3) is 0 Å². The fourth-order valence-electron chi connectivity index (χ4n) is 2.15. The lowest BCUT2D eigenvalue weighted by Crippen LogP contribution is -2.12. The maximum Gasteiger partial charge on any atom is 0.0935 e. The molecular formula is C13H18O2. The van der Waals surface area contributed by atoms with E-state index in [1.807, 2.05) is 6.07 Å². The minimum Gasteiger partial charge on any atom is -0.472 e. The Labute approximate surface area is 90.6 Å². The zero-order chi connectivity index (χ0) is 10.5. The topological polar surface area (TPSA) is 33.4 Å². The fraction of sp³-hybridized carbons (Fsp3) is 0.538. The number of furan rings is 1. The van der Waals surface area contributed by atoms with Crippen LogP contribution in [0.15, 0.2) is 34.7 Å². The molecule has 1 aliphatic carbocycles. The second-order valence-corrected chi connectivity index (χ2v) is 4.30. The summed E-state index contributed by atoms with van der Waals surface area (Å²) >= 11 is 0. The summed E-state index contributed by atoms with van der Waals surface area (Å²) in [6.45, 7) is 0. The quantitative estimate of drug-likeness (QED) is 0.768. The van der Waals surface area contributed by atoms with E-state index in [4.69, 9.17) is 4.42 Å². The van der Waals surface area contributed by atoms with Gasteiger partial charge in [-0.3, -0.25) is 0 Å². The van der Waals surface area contributed by atoms with Crippen molar-refractivity contribution < 1.29 is 9.52 Å². The van der Waals surface area contributed by atoms with Gasteiger partial charge in [-0.05, 0) is 43.7 Å². The summed E-state index contributed by atoms with van der Waals surface area (Å²) in [6.07, 6.45) is 11.9. The molecule has 1 unspecified atom stereocenters. The van der Waals surface area contributed by atoms with Crippen LogP contribution in [0.2, 0.25) is 0 Å². The van der Waals surface area contributed by atoms with Crippen LogP contribution in [0.4, 0.5) is 0 Å². The van der Waals surface area contributed by atoms with E-state index in [0.717, 1.165) is 12.0 Å². The lowest BCUT2D eigenvalue weighted by atomic mass is 9.93. The molecule has 0 saturated carbocycles. The molecule has 0 saturated heterocycles. The van der Waals surface area contributed by atoms with Gasteiger partial charge in [0.15, 0.2) is 0 Å². The van der Waals surface area contributed by atoms with Gasteiger partial charge in [0, 0.05) is 6.42 Å². The molecule has 0 aliphatic heterocycles. The molecule has 0 fully saturated rings. The summed E-state index contributed by atoms with van der Waals surface area (Å²) in [5, 5.41) is 9.89. The third-order valence-electron chi connectivity index (χ3n) is 2.93. The monoisotopic (exact) mass is 206 g/mol. The van der Waals surface area contributed by atoms with Crippen LogP contribution in [0.5, 0.6) is 0 Å². The molecule has 2 rings (SSSR count). The average molecular weight is 206 g/mol. The van der Waals surface area contributed by atoms with Crippen molar-refractivity contribution >= 4 is 0 Å². The molecule has 0 spiro atoms. The number of rotatable bonds is 4. The van der Waals surface area contributed by atoms with Gasteiger partial charge < -0.3 is 9.52 Å². The lowest BCUT2D eigenvalue weighted by Gasteiger charge is -2.16.